The van der Waals surface area contributed by atoms with Crippen molar-refractivity contribution in [3.63, 3.8) is 0 Å². The van der Waals surface area contributed by atoms with Crippen molar-refractivity contribution < 1.29 is 24.1 Å². The average molecular weight is 484 g/mol. The third-order valence-electron chi connectivity index (χ3n) is 5.82. The predicted octanol–water partition coefficient (Wildman–Crippen LogP) is 2.73. The highest BCUT2D eigenvalue weighted by atomic mass is 16.6. The fourth-order valence-electron chi connectivity index (χ4n) is 4.12. The van der Waals surface area contributed by atoms with Gasteiger partial charge in [-0.25, -0.2) is 9.59 Å². The molecule has 186 valence electrons. The normalized spacial score (nSPS) is 14.0. The zero-order chi connectivity index (χ0) is 25.5. The number of phenolic OH excluding ortho intramolecular Hbond substituents is 1. The van der Waals surface area contributed by atoms with E-state index in [1.807, 2.05) is 0 Å². The molecule has 0 radical (unpaired) electrons. The van der Waals surface area contributed by atoms with Gasteiger partial charge in [0, 0.05) is 13.1 Å². The van der Waals surface area contributed by atoms with Crippen LogP contribution in [0.3, 0.4) is 0 Å². The Labute approximate surface area is 201 Å². The van der Waals surface area contributed by atoms with E-state index in [-0.39, 0.29) is 36.8 Å². The second-order valence-corrected chi connectivity index (χ2v) is 9.47. The molecule has 2 heterocycles. The third kappa shape index (κ3) is 4.68. The maximum atomic E-state index is 13.6. The summed E-state index contributed by atoms with van der Waals surface area (Å²) >= 11 is 0. The number of likely N-dealkylation sites (tertiary alicyclic amines) is 1. The van der Waals surface area contributed by atoms with E-state index >= 15 is 0 Å². The molecule has 0 unspecified atom stereocenters. The summed E-state index contributed by atoms with van der Waals surface area (Å²) in [5.41, 5.74) is -0.588. The van der Waals surface area contributed by atoms with E-state index in [4.69, 9.17) is 14.2 Å². The molecule has 10 heteroatoms. The summed E-state index contributed by atoms with van der Waals surface area (Å²) < 4.78 is 18.6. The van der Waals surface area contributed by atoms with Crippen molar-refractivity contribution in [1.29, 1.82) is 0 Å². The number of hydrogen-bond acceptors (Lipinski definition) is 7. The first-order chi connectivity index (χ1) is 16.5. The van der Waals surface area contributed by atoms with Crippen molar-refractivity contribution in [3.8, 4) is 17.2 Å². The van der Waals surface area contributed by atoms with Crippen LogP contribution in [0.2, 0.25) is 0 Å². The van der Waals surface area contributed by atoms with Crippen LogP contribution in [0.4, 0.5) is 4.79 Å². The summed E-state index contributed by atoms with van der Waals surface area (Å²) in [4.78, 5) is 40.8. The Morgan fingerprint density at radius 2 is 1.71 bits per heavy atom. The van der Waals surface area contributed by atoms with Crippen molar-refractivity contribution in [2.45, 2.75) is 39.0 Å². The number of amides is 1. The van der Waals surface area contributed by atoms with Crippen molar-refractivity contribution >= 4 is 17.0 Å². The number of nitrogens with zero attached hydrogens (tertiary/aromatic N) is 3. The molecule has 0 atom stereocenters. The molecule has 10 nitrogen and oxygen atoms in total. The van der Waals surface area contributed by atoms with Crippen LogP contribution in [0.15, 0.2) is 46.0 Å². The Balaban J connectivity index is 1.75. The van der Waals surface area contributed by atoms with Gasteiger partial charge in [0.15, 0.2) is 11.5 Å². The highest BCUT2D eigenvalue weighted by Gasteiger charge is 2.36. The molecular weight excluding hydrogens is 454 g/mol. The zero-order valence-corrected chi connectivity index (χ0v) is 20.4. The second kappa shape index (κ2) is 9.01. The fourth-order valence-corrected chi connectivity index (χ4v) is 4.12. The SMILES string of the molecule is COc1ccc(Cn2c(=O)c3cc(O)ccc3n(C3CN(C(=O)OC(C)(C)C)C3)c2=O)cc1OC. The topological polar surface area (TPSA) is 112 Å². The molecule has 1 saturated heterocycles. The van der Waals surface area contributed by atoms with Crippen LogP contribution in [0.25, 0.3) is 10.9 Å². The van der Waals surface area contributed by atoms with Crippen molar-refractivity contribution in [2.75, 3.05) is 27.3 Å². The smallest absolute Gasteiger partial charge is 0.410 e. The minimum atomic E-state index is -0.629. The minimum Gasteiger partial charge on any atom is -0.508 e. The van der Waals surface area contributed by atoms with Gasteiger partial charge in [0.1, 0.15) is 11.4 Å². The highest BCUT2D eigenvalue weighted by Crippen LogP contribution is 2.29. The number of aromatic hydroxyl groups is 1. The van der Waals surface area contributed by atoms with E-state index in [0.717, 1.165) is 4.57 Å². The lowest BCUT2D eigenvalue weighted by Crippen LogP contribution is -2.55. The molecule has 0 aliphatic carbocycles. The fraction of sp³-hybridized carbons (Fsp3) is 0.400. The maximum absolute atomic E-state index is 13.6. The lowest BCUT2D eigenvalue weighted by molar-refractivity contribution is 0.000899. The van der Waals surface area contributed by atoms with Crippen LogP contribution in [-0.4, -0.2) is 58.1 Å². The number of ether oxygens (including phenoxy) is 3. The van der Waals surface area contributed by atoms with E-state index in [2.05, 4.69) is 0 Å². The van der Waals surface area contributed by atoms with Gasteiger partial charge in [-0.05, 0) is 56.7 Å². The largest absolute Gasteiger partial charge is 0.508 e. The molecule has 1 aromatic heterocycles. The highest BCUT2D eigenvalue weighted by molar-refractivity contribution is 5.80. The number of carbonyl (C=O) groups excluding carboxylic acids is 1. The van der Waals surface area contributed by atoms with Crippen molar-refractivity contribution in [3.05, 3.63) is 62.8 Å². The van der Waals surface area contributed by atoms with Crippen LogP contribution < -0.4 is 20.7 Å². The van der Waals surface area contributed by atoms with Gasteiger partial charge in [-0.3, -0.25) is 13.9 Å². The Hall–Kier alpha value is -3.95. The first-order valence-corrected chi connectivity index (χ1v) is 11.2. The van der Waals surface area contributed by atoms with Gasteiger partial charge in [-0.15, -0.1) is 0 Å². The van der Waals surface area contributed by atoms with E-state index in [1.165, 1.54) is 35.8 Å². The number of methoxy groups -OCH3 is 2. The van der Waals surface area contributed by atoms with Gasteiger partial charge in [0.25, 0.3) is 5.56 Å². The van der Waals surface area contributed by atoms with E-state index in [0.29, 0.717) is 22.6 Å². The number of rotatable bonds is 5. The van der Waals surface area contributed by atoms with Gasteiger partial charge in [0.2, 0.25) is 0 Å². The van der Waals surface area contributed by atoms with Gasteiger partial charge in [0.05, 0.1) is 37.7 Å². The average Bonchev–Trinajstić information content (AvgIpc) is 2.76. The molecule has 1 amide bonds. The molecular formula is C25H29N3O7. The minimum absolute atomic E-state index is 0.00782. The summed E-state index contributed by atoms with van der Waals surface area (Å²) in [5, 5.41) is 10.2. The molecule has 35 heavy (non-hydrogen) atoms. The molecule has 0 spiro atoms. The first-order valence-electron chi connectivity index (χ1n) is 11.2. The summed E-state index contributed by atoms with van der Waals surface area (Å²) in [5.74, 6) is 0.923. The quantitative estimate of drug-likeness (QED) is 0.594. The number of aromatic nitrogens is 2. The molecule has 3 aromatic rings. The van der Waals surface area contributed by atoms with Gasteiger partial charge < -0.3 is 24.2 Å². The number of phenols is 1. The standard InChI is InChI=1S/C25H29N3O7/c1-25(2,3)35-24(32)26-13-16(14-26)28-19-8-7-17(29)11-18(19)22(30)27(23(28)31)12-15-6-9-20(33-4)21(10-15)34-5/h6-11,16,29H,12-14H2,1-5H3. The van der Waals surface area contributed by atoms with E-state index < -0.39 is 22.9 Å². The Kier molecular flexibility index (Phi) is 6.23. The van der Waals surface area contributed by atoms with Gasteiger partial charge in [-0.1, -0.05) is 6.07 Å². The van der Waals surface area contributed by atoms with Crippen LogP contribution >= 0.6 is 0 Å². The van der Waals surface area contributed by atoms with Crippen LogP contribution in [-0.2, 0) is 11.3 Å². The number of benzene rings is 2. The van der Waals surface area contributed by atoms with Crippen LogP contribution in [0.5, 0.6) is 17.2 Å². The van der Waals surface area contributed by atoms with Crippen LogP contribution in [0, 0.1) is 0 Å². The molecule has 0 bridgehead atoms. The van der Waals surface area contributed by atoms with Crippen molar-refractivity contribution in [2.24, 2.45) is 0 Å². The lowest BCUT2D eigenvalue weighted by Gasteiger charge is -2.41. The molecule has 1 aliphatic rings. The molecule has 2 aromatic carbocycles. The molecule has 1 aliphatic heterocycles. The molecule has 1 N–H and O–H groups in total. The number of fused-ring (bicyclic) bond motifs is 1. The lowest BCUT2D eigenvalue weighted by atomic mass is 10.1. The van der Waals surface area contributed by atoms with E-state index in [1.54, 1.807) is 45.0 Å². The van der Waals surface area contributed by atoms with E-state index in [9.17, 15) is 19.5 Å². The Bertz CT molecular complexity index is 1400. The summed E-state index contributed by atoms with van der Waals surface area (Å²) in [6.07, 6.45) is -0.456. The van der Waals surface area contributed by atoms with Crippen LogP contribution in [0.1, 0.15) is 32.4 Å². The zero-order valence-electron chi connectivity index (χ0n) is 20.4. The molecule has 4 rings (SSSR count). The second-order valence-electron chi connectivity index (χ2n) is 9.47. The van der Waals surface area contributed by atoms with Gasteiger partial charge in [-0.2, -0.15) is 0 Å². The number of hydrogen-bond donors (Lipinski definition) is 1. The maximum Gasteiger partial charge on any atom is 0.410 e. The Morgan fingerprint density at radius 3 is 2.34 bits per heavy atom. The van der Waals surface area contributed by atoms with Crippen molar-refractivity contribution in [1.82, 2.24) is 14.0 Å². The monoisotopic (exact) mass is 483 g/mol. The van der Waals surface area contributed by atoms with Gasteiger partial charge >= 0.3 is 11.8 Å². The summed E-state index contributed by atoms with van der Waals surface area (Å²) in [7, 11) is 3.03. The number of carbonyl (C=O) groups is 1. The summed E-state index contributed by atoms with van der Waals surface area (Å²) in [6.45, 7) is 5.88. The third-order valence-corrected chi connectivity index (χ3v) is 5.82. The molecule has 0 saturated carbocycles. The summed E-state index contributed by atoms with van der Waals surface area (Å²) in [6, 6.07) is 9.13. The first kappa shape index (κ1) is 24.2. The predicted molar refractivity (Wildman–Crippen MR) is 130 cm³/mol. The Morgan fingerprint density at radius 1 is 1.03 bits per heavy atom. The molecule has 1 fully saturated rings.